The number of fused-ring (bicyclic) bond motifs is 2. The van der Waals surface area contributed by atoms with Gasteiger partial charge in [-0.25, -0.2) is 0 Å². The Morgan fingerprint density at radius 1 is 1.45 bits per heavy atom. The number of rotatable bonds is 4. The van der Waals surface area contributed by atoms with E-state index in [1.807, 2.05) is 18.4 Å². The molecule has 1 aromatic heterocycles. The van der Waals surface area contributed by atoms with Gasteiger partial charge in [0.15, 0.2) is 5.96 Å². The third-order valence-corrected chi connectivity index (χ3v) is 5.77. The van der Waals surface area contributed by atoms with E-state index in [1.165, 1.54) is 17.7 Å². The first-order valence-corrected chi connectivity index (χ1v) is 8.63. The van der Waals surface area contributed by atoms with Gasteiger partial charge in [0, 0.05) is 23.9 Å². The van der Waals surface area contributed by atoms with Gasteiger partial charge in [0.05, 0.1) is 18.2 Å². The molecule has 2 bridgehead atoms. The van der Waals surface area contributed by atoms with Crippen molar-refractivity contribution in [2.75, 3.05) is 13.6 Å². The molecule has 6 heteroatoms. The lowest BCUT2D eigenvalue weighted by Crippen LogP contribution is -2.49. The highest BCUT2D eigenvalue weighted by Gasteiger charge is 2.41. The maximum absolute atomic E-state index is 5.89. The SMILES string of the molecule is CN=C(NCC(C)(C)c1cccs1)NC1CC2CCC1O2.I. The summed E-state index contributed by atoms with van der Waals surface area (Å²) in [5, 5.41) is 9.14. The summed E-state index contributed by atoms with van der Waals surface area (Å²) in [6.45, 7) is 5.40. The molecule has 0 spiro atoms. The van der Waals surface area contributed by atoms with Crippen molar-refractivity contribution in [3.05, 3.63) is 22.4 Å². The van der Waals surface area contributed by atoms with E-state index in [0.29, 0.717) is 18.2 Å². The highest BCUT2D eigenvalue weighted by Crippen LogP contribution is 2.34. The fraction of sp³-hybridized carbons (Fsp3) is 0.688. The molecule has 4 nitrogen and oxygen atoms in total. The second-order valence-corrected chi connectivity index (χ2v) is 7.60. The number of hydrogen-bond donors (Lipinski definition) is 2. The van der Waals surface area contributed by atoms with Crippen molar-refractivity contribution >= 4 is 41.3 Å². The Labute approximate surface area is 154 Å². The van der Waals surface area contributed by atoms with E-state index in [9.17, 15) is 0 Å². The minimum atomic E-state index is 0. The summed E-state index contributed by atoms with van der Waals surface area (Å²) in [6, 6.07) is 4.73. The first-order valence-electron chi connectivity index (χ1n) is 7.75. The van der Waals surface area contributed by atoms with E-state index in [0.717, 1.165) is 18.9 Å². The third-order valence-electron chi connectivity index (χ3n) is 4.54. The first-order chi connectivity index (χ1) is 10.1. The predicted octanol–water partition coefficient (Wildman–Crippen LogP) is 3.13. The van der Waals surface area contributed by atoms with Gasteiger partial charge < -0.3 is 15.4 Å². The molecule has 124 valence electrons. The van der Waals surface area contributed by atoms with Crippen LogP contribution in [0, 0.1) is 0 Å². The number of aliphatic imine (C=N–C) groups is 1. The van der Waals surface area contributed by atoms with Gasteiger partial charge >= 0.3 is 0 Å². The number of thiophene rings is 1. The quantitative estimate of drug-likeness (QED) is 0.434. The van der Waals surface area contributed by atoms with Gasteiger partial charge in [-0.05, 0) is 30.7 Å². The van der Waals surface area contributed by atoms with Crippen LogP contribution in [-0.4, -0.2) is 37.8 Å². The molecule has 22 heavy (non-hydrogen) atoms. The summed E-state index contributed by atoms with van der Waals surface area (Å²) < 4.78 is 5.89. The van der Waals surface area contributed by atoms with Gasteiger partial charge in [-0.2, -0.15) is 0 Å². The van der Waals surface area contributed by atoms with E-state index >= 15 is 0 Å². The maximum atomic E-state index is 5.89. The van der Waals surface area contributed by atoms with Crippen LogP contribution in [0.25, 0.3) is 0 Å². The predicted molar refractivity (Wildman–Crippen MR) is 104 cm³/mol. The van der Waals surface area contributed by atoms with Gasteiger partial charge in [0.25, 0.3) is 0 Å². The molecule has 2 aliphatic heterocycles. The Bertz CT molecular complexity index is 503. The van der Waals surface area contributed by atoms with E-state index < -0.39 is 0 Å². The minimum absolute atomic E-state index is 0. The molecule has 3 rings (SSSR count). The van der Waals surface area contributed by atoms with Crippen LogP contribution in [0.1, 0.15) is 38.0 Å². The molecular formula is C16H26IN3OS. The standard InChI is InChI=1S/C16H25N3OS.HI/c1-16(2,14-5-4-8-21-14)10-18-15(17-3)19-12-9-11-6-7-13(12)20-11;/h4-5,8,11-13H,6-7,9-10H2,1-3H3,(H2,17,18,19);1H. The Morgan fingerprint density at radius 2 is 2.27 bits per heavy atom. The highest BCUT2D eigenvalue weighted by atomic mass is 127. The minimum Gasteiger partial charge on any atom is -0.373 e. The van der Waals surface area contributed by atoms with Crippen LogP contribution in [0.5, 0.6) is 0 Å². The van der Waals surface area contributed by atoms with Crippen molar-refractivity contribution in [2.24, 2.45) is 4.99 Å². The summed E-state index contributed by atoms with van der Waals surface area (Å²) >= 11 is 1.81. The number of nitrogens with zero attached hydrogens (tertiary/aromatic N) is 1. The molecule has 2 N–H and O–H groups in total. The van der Waals surface area contributed by atoms with Crippen molar-refractivity contribution in [3.8, 4) is 0 Å². The van der Waals surface area contributed by atoms with Crippen LogP contribution in [0.3, 0.4) is 0 Å². The van der Waals surface area contributed by atoms with Gasteiger partial charge in [0.1, 0.15) is 0 Å². The zero-order chi connectivity index (χ0) is 14.9. The lowest BCUT2D eigenvalue weighted by Gasteiger charge is -2.27. The number of hydrogen-bond acceptors (Lipinski definition) is 3. The molecule has 1 aromatic rings. The third kappa shape index (κ3) is 3.94. The van der Waals surface area contributed by atoms with E-state index in [-0.39, 0.29) is 29.4 Å². The monoisotopic (exact) mass is 435 g/mol. The zero-order valence-electron chi connectivity index (χ0n) is 13.5. The van der Waals surface area contributed by atoms with Crippen molar-refractivity contribution in [1.82, 2.24) is 10.6 Å². The second-order valence-electron chi connectivity index (χ2n) is 6.65. The highest BCUT2D eigenvalue weighted by molar-refractivity contribution is 14.0. The summed E-state index contributed by atoms with van der Waals surface area (Å²) in [7, 11) is 1.83. The lowest BCUT2D eigenvalue weighted by molar-refractivity contribution is 0.0992. The smallest absolute Gasteiger partial charge is 0.191 e. The molecule has 0 aromatic carbocycles. The number of ether oxygens (including phenoxy) is 1. The molecule has 3 heterocycles. The fourth-order valence-electron chi connectivity index (χ4n) is 3.22. The number of nitrogens with one attached hydrogen (secondary N) is 2. The Morgan fingerprint density at radius 3 is 2.82 bits per heavy atom. The normalized spacial score (nSPS) is 27.6. The Hall–Kier alpha value is -0.340. The molecular weight excluding hydrogens is 409 g/mol. The summed E-state index contributed by atoms with van der Waals surface area (Å²) in [6.07, 6.45) is 4.35. The number of guanidine groups is 1. The molecule has 0 radical (unpaired) electrons. The van der Waals surface area contributed by atoms with Crippen molar-refractivity contribution < 1.29 is 4.74 Å². The van der Waals surface area contributed by atoms with Crippen LogP contribution >= 0.6 is 35.3 Å². The first kappa shape index (κ1) is 18.0. The molecule has 2 fully saturated rings. The molecule has 0 saturated carbocycles. The van der Waals surface area contributed by atoms with Crippen molar-refractivity contribution in [2.45, 2.75) is 56.8 Å². The molecule has 0 aliphatic carbocycles. The molecule has 2 aliphatic rings. The van der Waals surface area contributed by atoms with Crippen LogP contribution in [0.4, 0.5) is 0 Å². The van der Waals surface area contributed by atoms with E-state index in [4.69, 9.17) is 4.74 Å². The summed E-state index contributed by atoms with van der Waals surface area (Å²) in [4.78, 5) is 5.76. The van der Waals surface area contributed by atoms with Crippen LogP contribution in [0.2, 0.25) is 0 Å². The lowest BCUT2D eigenvalue weighted by atomic mass is 9.91. The molecule has 2 saturated heterocycles. The van der Waals surface area contributed by atoms with Crippen molar-refractivity contribution in [1.29, 1.82) is 0 Å². The zero-order valence-corrected chi connectivity index (χ0v) is 16.6. The Kier molecular flexibility index (Phi) is 6.13. The van der Waals surface area contributed by atoms with Gasteiger partial charge in [0.2, 0.25) is 0 Å². The average Bonchev–Trinajstić information content (AvgIpc) is 3.18. The topological polar surface area (TPSA) is 45.7 Å². The van der Waals surface area contributed by atoms with Crippen molar-refractivity contribution in [3.63, 3.8) is 0 Å². The molecule has 3 unspecified atom stereocenters. The second kappa shape index (κ2) is 7.49. The molecule has 3 atom stereocenters. The summed E-state index contributed by atoms with van der Waals surface area (Å²) in [5.41, 5.74) is 0.108. The largest absolute Gasteiger partial charge is 0.373 e. The average molecular weight is 435 g/mol. The fourth-order valence-corrected chi connectivity index (χ4v) is 4.07. The van der Waals surface area contributed by atoms with E-state index in [1.54, 1.807) is 0 Å². The van der Waals surface area contributed by atoms with Gasteiger partial charge in [-0.3, -0.25) is 4.99 Å². The summed E-state index contributed by atoms with van der Waals surface area (Å²) in [5.74, 6) is 0.890. The maximum Gasteiger partial charge on any atom is 0.191 e. The van der Waals surface area contributed by atoms with Crippen LogP contribution in [-0.2, 0) is 10.2 Å². The van der Waals surface area contributed by atoms with E-state index in [2.05, 4.69) is 47.0 Å². The Balaban J connectivity index is 0.00000176. The molecule has 0 amide bonds. The van der Waals surface area contributed by atoms with Gasteiger partial charge in [-0.1, -0.05) is 19.9 Å². The number of halogens is 1. The van der Waals surface area contributed by atoms with Crippen LogP contribution in [0.15, 0.2) is 22.5 Å². The van der Waals surface area contributed by atoms with Gasteiger partial charge in [-0.15, -0.1) is 35.3 Å². The van der Waals surface area contributed by atoms with Crippen LogP contribution < -0.4 is 10.6 Å².